The molecule has 1 fully saturated rings. The molecule has 0 bridgehead atoms. The van der Waals surface area contributed by atoms with Gasteiger partial charge in [0.15, 0.2) is 18.1 Å². The van der Waals surface area contributed by atoms with Gasteiger partial charge in [0, 0.05) is 20.3 Å². The molecule has 1 aromatic rings. The molecular formula is C19H22INO7S. The van der Waals surface area contributed by atoms with E-state index in [1.54, 1.807) is 25.3 Å². The summed E-state index contributed by atoms with van der Waals surface area (Å²) in [5, 5.41) is -0.296. The van der Waals surface area contributed by atoms with Crippen LogP contribution in [-0.2, 0) is 19.1 Å². The highest BCUT2D eigenvalue weighted by molar-refractivity contribution is 14.1. The molecule has 2 amide bonds. The monoisotopic (exact) mass is 535 g/mol. The van der Waals surface area contributed by atoms with Crippen molar-refractivity contribution in [2.45, 2.75) is 13.3 Å². The van der Waals surface area contributed by atoms with Crippen LogP contribution in [0.25, 0.3) is 6.08 Å². The Hall–Kier alpha value is -1.79. The number of rotatable bonds is 10. The molecule has 1 aliphatic heterocycles. The van der Waals surface area contributed by atoms with Gasteiger partial charge in [0.25, 0.3) is 11.1 Å². The predicted molar refractivity (Wildman–Crippen MR) is 117 cm³/mol. The number of hydrogen-bond acceptors (Lipinski definition) is 8. The average molecular weight is 535 g/mol. The van der Waals surface area contributed by atoms with Crippen molar-refractivity contribution in [3.05, 3.63) is 26.2 Å². The largest absolute Gasteiger partial charge is 0.490 e. The summed E-state index contributed by atoms with van der Waals surface area (Å²) in [7, 11) is 2.86. The highest BCUT2D eigenvalue weighted by atomic mass is 127. The molecule has 0 N–H and O–H groups in total. The van der Waals surface area contributed by atoms with Gasteiger partial charge in [-0.2, -0.15) is 0 Å². The van der Waals surface area contributed by atoms with E-state index in [2.05, 4.69) is 27.3 Å². The minimum Gasteiger partial charge on any atom is -0.490 e. The topological polar surface area (TPSA) is 91.4 Å². The molecular weight excluding hydrogens is 513 g/mol. The molecule has 10 heteroatoms. The summed E-state index contributed by atoms with van der Waals surface area (Å²) in [4.78, 5) is 37.6. The molecule has 8 nitrogen and oxygen atoms in total. The van der Waals surface area contributed by atoms with Crippen LogP contribution in [0.1, 0.15) is 18.9 Å². The van der Waals surface area contributed by atoms with Crippen molar-refractivity contribution in [1.29, 1.82) is 0 Å². The number of nitrogens with zero attached hydrogens (tertiary/aromatic N) is 1. The molecule has 1 aromatic carbocycles. The minimum absolute atomic E-state index is 0.244. The summed E-state index contributed by atoms with van der Waals surface area (Å²) in [5.74, 6) is 0.0288. The standard InChI is InChI=1S/C19H22INO7S/c1-4-27-14-9-12(8-13(20)17(14)28-11-16(22)26-3)10-15-18(23)21(19(24)29-15)6-5-7-25-2/h8-10H,4-7,11H2,1-3H3/b15-10+. The number of carbonyl (C=O) groups excluding carboxylic acids is 3. The van der Waals surface area contributed by atoms with Crippen LogP contribution in [0.2, 0.25) is 0 Å². The Kier molecular flexibility index (Phi) is 9.24. The van der Waals surface area contributed by atoms with E-state index >= 15 is 0 Å². The lowest BCUT2D eigenvalue weighted by Gasteiger charge is -2.14. The van der Waals surface area contributed by atoms with Crippen molar-refractivity contribution < 1.29 is 33.3 Å². The molecule has 0 atom stereocenters. The number of imide groups is 1. The summed E-state index contributed by atoms with van der Waals surface area (Å²) in [5.41, 5.74) is 0.686. The van der Waals surface area contributed by atoms with Crippen molar-refractivity contribution >= 4 is 57.5 Å². The van der Waals surface area contributed by atoms with Gasteiger partial charge < -0.3 is 18.9 Å². The van der Waals surface area contributed by atoms with Gasteiger partial charge in [-0.15, -0.1) is 0 Å². The average Bonchev–Trinajstić information content (AvgIpc) is 2.94. The van der Waals surface area contributed by atoms with E-state index < -0.39 is 5.97 Å². The number of thioether (sulfide) groups is 1. The molecule has 2 rings (SSSR count). The molecule has 1 saturated heterocycles. The Morgan fingerprint density at radius 2 is 2.00 bits per heavy atom. The van der Waals surface area contributed by atoms with Gasteiger partial charge in [0.2, 0.25) is 0 Å². The summed E-state index contributed by atoms with van der Waals surface area (Å²) in [6, 6.07) is 3.49. The number of esters is 1. The van der Waals surface area contributed by atoms with Crippen LogP contribution in [-0.4, -0.2) is 62.6 Å². The first-order chi connectivity index (χ1) is 13.9. The van der Waals surface area contributed by atoms with Crippen molar-refractivity contribution in [3.63, 3.8) is 0 Å². The van der Waals surface area contributed by atoms with Crippen molar-refractivity contribution in [2.75, 3.05) is 40.6 Å². The molecule has 158 valence electrons. The van der Waals surface area contributed by atoms with Crippen LogP contribution in [0.15, 0.2) is 17.0 Å². The molecule has 0 aromatic heterocycles. The molecule has 1 aliphatic rings. The third kappa shape index (κ3) is 6.34. The fourth-order valence-corrected chi connectivity index (χ4v) is 4.12. The number of hydrogen-bond donors (Lipinski definition) is 0. The molecule has 0 aliphatic carbocycles. The van der Waals surface area contributed by atoms with Gasteiger partial charge in [0.1, 0.15) is 0 Å². The Labute approximate surface area is 187 Å². The van der Waals surface area contributed by atoms with Crippen LogP contribution < -0.4 is 9.47 Å². The molecule has 0 radical (unpaired) electrons. The zero-order valence-corrected chi connectivity index (χ0v) is 19.3. The first-order valence-electron chi connectivity index (χ1n) is 8.81. The van der Waals surface area contributed by atoms with E-state index in [9.17, 15) is 14.4 Å². The summed E-state index contributed by atoms with van der Waals surface area (Å²) >= 11 is 2.97. The molecule has 0 unspecified atom stereocenters. The third-order valence-corrected chi connectivity index (χ3v) is 5.50. The maximum Gasteiger partial charge on any atom is 0.343 e. The smallest absolute Gasteiger partial charge is 0.343 e. The minimum atomic E-state index is -0.505. The highest BCUT2D eigenvalue weighted by Crippen LogP contribution is 2.37. The van der Waals surface area contributed by atoms with E-state index in [0.717, 1.165) is 11.8 Å². The second-order valence-corrected chi connectivity index (χ2v) is 7.96. The van der Waals surface area contributed by atoms with E-state index in [-0.39, 0.29) is 17.8 Å². The molecule has 29 heavy (non-hydrogen) atoms. The summed E-state index contributed by atoms with van der Waals surface area (Å²) in [6.45, 7) is 2.77. The Morgan fingerprint density at radius 3 is 2.66 bits per heavy atom. The lowest BCUT2D eigenvalue weighted by atomic mass is 10.2. The Bertz CT molecular complexity index is 812. The first-order valence-corrected chi connectivity index (χ1v) is 10.7. The quantitative estimate of drug-likeness (QED) is 0.195. The van der Waals surface area contributed by atoms with E-state index in [4.69, 9.17) is 14.2 Å². The van der Waals surface area contributed by atoms with Crippen LogP contribution in [0, 0.1) is 3.57 Å². The van der Waals surface area contributed by atoms with E-state index in [0.29, 0.717) is 51.7 Å². The lowest BCUT2D eigenvalue weighted by molar-refractivity contribution is -0.143. The van der Waals surface area contributed by atoms with E-state index in [1.807, 2.05) is 6.92 Å². The fraction of sp³-hybridized carbons (Fsp3) is 0.421. The number of carbonyl (C=O) groups is 3. The number of methoxy groups -OCH3 is 2. The van der Waals surface area contributed by atoms with Crippen LogP contribution in [0.4, 0.5) is 4.79 Å². The number of benzene rings is 1. The maximum atomic E-state index is 12.6. The maximum absolute atomic E-state index is 12.6. The zero-order chi connectivity index (χ0) is 21.4. The molecule has 1 heterocycles. The first kappa shape index (κ1) is 23.5. The van der Waals surface area contributed by atoms with Gasteiger partial charge in [-0.3, -0.25) is 14.5 Å². The van der Waals surface area contributed by atoms with Crippen molar-refractivity contribution in [1.82, 2.24) is 4.90 Å². The molecule has 0 spiro atoms. The second-order valence-electron chi connectivity index (χ2n) is 5.81. The Morgan fingerprint density at radius 1 is 1.24 bits per heavy atom. The third-order valence-electron chi connectivity index (χ3n) is 3.80. The van der Waals surface area contributed by atoms with Gasteiger partial charge in [-0.05, 0) is 71.5 Å². The Balaban J connectivity index is 2.24. The SMILES string of the molecule is CCOc1cc(/C=C2/SC(=O)N(CCCOC)C2=O)cc(I)c1OCC(=O)OC. The van der Waals surface area contributed by atoms with Crippen LogP contribution >= 0.6 is 34.4 Å². The van der Waals surface area contributed by atoms with E-state index in [1.165, 1.54) is 12.0 Å². The van der Waals surface area contributed by atoms with Crippen LogP contribution in [0.3, 0.4) is 0 Å². The second kappa shape index (κ2) is 11.4. The highest BCUT2D eigenvalue weighted by Gasteiger charge is 2.34. The summed E-state index contributed by atoms with van der Waals surface area (Å²) in [6.07, 6.45) is 2.23. The zero-order valence-electron chi connectivity index (χ0n) is 16.4. The number of ether oxygens (including phenoxy) is 4. The lowest BCUT2D eigenvalue weighted by Crippen LogP contribution is -2.29. The van der Waals surface area contributed by atoms with Gasteiger partial charge in [-0.1, -0.05) is 0 Å². The number of halogens is 1. The van der Waals surface area contributed by atoms with Crippen molar-refractivity contribution in [2.24, 2.45) is 0 Å². The van der Waals surface area contributed by atoms with Crippen LogP contribution in [0.5, 0.6) is 11.5 Å². The number of amides is 2. The normalized spacial score (nSPS) is 15.2. The molecule has 0 saturated carbocycles. The van der Waals surface area contributed by atoms with Gasteiger partial charge in [-0.25, -0.2) is 4.79 Å². The van der Waals surface area contributed by atoms with Gasteiger partial charge in [0.05, 0.1) is 22.2 Å². The summed E-state index contributed by atoms with van der Waals surface area (Å²) < 4.78 is 21.4. The fourth-order valence-electron chi connectivity index (χ4n) is 2.48. The van der Waals surface area contributed by atoms with Gasteiger partial charge >= 0.3 is 5.97 Å². The van der Waals surface area contributed by atoms with Crippen molar-refractivity contribution in [3.8, 4) is 11.5 Å². The predicted octanol–water partition coefficient (Wildman–Crippen LogP) is 3.31.